The molecule has 21 heavy (non-hydrogen) atoms. The molecule has 0 spiro atoms. The van der Waals surface area contributed by atoms with Crippen LogP contribution in [0.3, 0.4) is 0 Å². The Kier molecular flexibility index (Phi) is 10.7. The molecule has 0 amide bonds. The summed E-state index contributed by atoms with van der Waals surface area (Å²) in [5.74, 6) is 6.20. The molecule has 0 aromatic heterocycles. The summed E-state index contributed by atoms with van der Waals surface area (Å²) in [6.07, 6.45) is 4.40. The van der Waals surface area contributed by atoms with Crippen molar-refractivity contribution >= 4 is 14.1 Å². The number of hydrogen-bond acceptors (Lipinski definition) is 2. The van der Waals surface area contributed by atoms with Crippen molar-refractivity contribution in [2.24, 2.45) is 5.92 Å². The minimum absolute atomic E-state index is 0.0423. The average molecular weight is 311 g/mol. The Morgan fingerprint density at radius 1 is 1.14 bits per heavy atom. The summed E-state index contributed by atoms with van der Waals surface area (Å²) in [4.78, 5) is 10.8. The number of hydrogen-bond donors (Lipinski definition) is 0. The highest BCUT2D eigenvalue weighted by atomic mass is 28.4. The van der Waals surface area contributed by atoms with Gasteiger partial charge in [-0.3, -0.25) is 4.79 Å². The van der Waals surface area contributed by atoms with Crippen LogP contribution in [0.5, 0.6) is 0 Å². The van der Waals surface area contributed by atoms with Crippen molar-refractivity contribution in [3.63, 3.8) is 0 Å². The largest absolute Gasteiger partial charge is 0.414 e. The predicted molar refractivity (Wildman–Crippen MR) is 93.8 cm³/mol. The first-order valence-corrected chi connectivity index (χ1v) is 11.1. The molecule has 0 saturated carbocycles. The minimum atomic E-state index is -1.52. The number of rotatable bonds is 10. The van der Waals surface area contributed by atoms with Crippen molar-refractivity contribution in [2.45, 2.75) is 91.5 Å². The Bertz CT molecular complexity index is 340. The van der Waals surface area contributed by atoms with Crippen LogP contribution in [0.1, 0.15) is 67.2 Å². The molecule has 0 aromatic carbocycles. The average Bonchev–Trinajstić information content (AvgIpc) is 2.43. The second-order valence-corrected chi connectivity index (χ2v) is 11.1. The van der Waals surface area contributed by atoms with Crippen LogP contribution in [0, 0.1) is 17.8 Å². The van der Waals surface area contributed by atoms with Crippen molar-refractivity contribution in [3.8, 4) is 11.8 Å². The number of Topliss-reactive ketones (excluding diaryl/α,β-unsaturated/α-hetero) is 1. The summed E-state index contributed by atoms with van der Waals surface area (Å²) in [6.45, 7) is 12.9. The summed E-state index contributed by atoms with van der Waals surface area (Å²) < 4.78 is 6.65. The van der Waals surface area contributed by atoms with Crippen LogP contribution < -0.4 is 0 Å². The molecular weight excluding hydrogens is 276 g/mol. The van der Waals surface area contributed by atoms with E-state index in [2.05, 4.69) is 46.5 Å². The van der Waals surface area contributed by atoms with Crippen molar-refractivity contribution in [1.29, 1.82) is 0 Å². The van der Waals surface area contributed by atoms with E-state index in [0.29, 0.717) is 12.0 Å². The molecule has 3 heteroatoms. The van der Waals surface area contributed by atoms with E-state index in [0.717, 1.165) is 25.7 Å². The van der Waals surface area contributed by atoms with Gasteiger partial charge in [-0.05, 0) is 49.2 Å². The number of ketones is 1. The maximum atomic E-state index is 10.8. The first-order chi connectivity index (χ1) is 9.89. The van der Waals surface area contributed by atoms with Gasteiger partial charge in [0.05, 0.1) is 0 Å². The van der Waals surface area contributed by atoms with Crippen LogP contribution in [-0.4, -0.2) is 20.2 Å². The molecule has 0 rings (SSSR count). The Morgan fingerprint density at radius 3 is 2.14 bits per heavy atom. The van der Waals surface area contributed by atoms with Gasteiger partial charge in [0, 0.05) is 19.4 Å². The SMILES string of the molecule is CC[Si](CC)(CC)OC(CCCC#CC(C)=O)CC(C)C. The fourth-order valence-electron chi connectivity index (χ4n) is 2.71. The Balaban J connectivity index is 4.52. The zero-order valence-electron chi connectivity index (χ0n) is 14.9. The lowest BCUT2D eigenvalue weighted by Crippen LogP contribution is -2.40. The topological polar surface area (TPSA) is 26.3 Å². The van der Waals surface area contributed by atoms with Gasteiger partial charge in [0.25, 0.3) is 0 Å². The van der Waals surface area contributed by atoms with E-state index in [1.165, 1.54) is 25.1 Å². The number of unbranched alkanes of at least 4 members (excludes halogenated alkanes) is 1. The molecular formula is C18H34O2Si. The van der Waals surface area contributed by atoms with Crippen molar-refractivity contribution in [1.82, 2.24) is 0 Å². The maximum absolute atomic E-state index is 10.8. The molecule has 0 aliphatic heterocycles. The van der Waals surface area contributed by atoms with E-state index in [9.17, 15) is 4.79 Å². The molecule has 0 aliphatic rings. The lowest BCUT2D eigenvalue weighted by atomic mass is 10.0. The summed E-state index contributed by atoms with van der Waals surface area (Å²) in [5.41, 5.74) is 0. The summed E-state index contributed by atoms with van der Waals surface area (Å²) in [5, 5.41) is 0. The Hall–Kier alpha value is -0.593. The quantitative estimate of drug-likeness (QED) is 0.240. The molecule has 0 bridgehead atoms. The number of carbonyl (C=O) groups is 1. The molecule has 2 nitrogen and oxygen atoms in total. The monoisotopic (exact) mass is 310 g/mol. The van der Waals surface area contributed by atoms with E-state index in [-0.39, 0.29) is 5.78 Å². The van der Waals surface area contributed by atoms with Gasteiger partial charge in [-0.25, -0.2) is 0 Å². The first-order valence-electron chi connectivity index (χ1n) is 8.56. The number of carbonyl (C=O) groups excluding carboxylic acids is 1. The summed E-state index contributed by atoms with van der Waals surface area (Å²) in [7, 11) is -1.52. The molecule has 0 saturated heterocycles. The maximum Gasteiger partial charge on any atom is 0.202 e. The Labute approximate surface area is 133 Å². The normalized spacial score (nSPS) is 12.9. The molecule has 0 N–H and O–H groups in total. The molecule has 122 valence electrons. The van der Waals surface area contributed by atoms with Crippen molar-refractivity contribution < 1.29 is 9.22 Å². The molecule has 0 radical (unpaired) electrons. The zero-order valence-corrected chi connectivity index (χ0v) is 15.9. The molecule has 1 atom stereocenters. The molecule has 0 heterocycles. The van der Waals surface area contributed by atoms with Gasteiger partial charge >= 0.3 is 0 Å². The minimum Gasteiger partial charge on any atom is -0.414 e. The fraction of sp³-hybridized carbons (Fsp3) is 0.833. The van der Waals surface area contributed by atoms with E-state index in [1.54, 1.807) is 0 Å². The van der Waals surface area contributed by atoms with E-state index in [4.69, 9.17) is 4.43 Å². The van der Waals surface area contributed by atoms with Gasteiger partial charge in [-0.15, -0.1) is 0 Å². The van der Waals surface area contributed by atoms with Crippen LogP contribution in [-0.2, 0) is 9.22 Å². The second-order valence-electron chi connectivity index (χ2n) is 6.36. The van der Waals surface area contributed by atoms with Gasteiger partial charge in [-0.1, -0.05) is 40.5 Å². The Morgan fingerprint density at radius 2 is 1.71 bits per heavy atom. The third-order valence-corrected chi connectivity index (χ3v) is 8.88. The first kappa shape index (κ1) is 20.4. The van der Waals surface area contributed by atoms with Gasteiger partial charge in [0.15, 0.2) is 8.32 Å². The zero-order chi connectivity index (χ0) is 16.3. The van der Waals surface area contributed by atoms with Crippen LogP contribution in [0.4, 0.5) is 0 Å². The van der Waals surface area contributed by atoms with Gasteiger partial charge in [0.2, 0.25) is 5.78 Å². The van der Waals surface area contributed by atoms with Gasteiger partial charge < -0.3 is 4.43 Å². The summed E-state index contributed by atoms with van der Waals surface area (Å²) >= 11 is 0. The van der Waals surface area contributed by atoms with Gasteiger partial charge in [0.1, 0.15) is 0 Å². The van der Waals surface area contributed by atoms with Crippen LogP contribution >= 0.6 is 0 Å². The smallest absolute Gasteiger partial charge is 0.202 e. The lowest BCUT2D eigenvalue weighted by Gasteiger charge is -2.34. The highest BCUT2D eigenvalue weighted by Gasteiger charge is 2.31. The predicted octanol–water partition coefficient (Wildman–Crippen LogP) is 5.19. The van der Waals surface area contributed by atoms with E-state index >= 15 is 0 Å². The molecule has 0 aromatic rings. The third kappa shape index (κ3) is 9.11. The van der Waals surface area contributed by atoms with E-state index < -0.39 is 8.32 Å². The molecule has 0 aliphatic carbocycles. The third-order valence-electron chi connectivity index (χ3n) is 4.18. The standard InChI is InChI=1S/C18H34O2Si/c1-7-21(8-2,9-3)20-18(15-16(4)5)14-12-10-11-13-17(6)19/h16,18H,7-10,12,14-15H2,1-6H3. The molecule has 1 unspecified atom stereocenters. The second kappa shape index (κ2) is 11.0. The van der Waals surface area contributed by atoms with Crippen LogP contribution in [0.15, 0.2) is 0 Å². The van der Waals surface area contributed by atoms with Crippen molar-refractivity contribution in [2.75, 3.05) is 0 Å². The van der Waals surface area contributed by atoms with E-state index in [1.807, 2.05) is 0 Å². The fourth-order valence-corrected chi connectivity index (χ4v) is 5.63. The van der Waals surface area contributed by atoms with Gasteiger partial charge in [-0.2, -0.15) is 0 Å². The lowest BCUT2D eigenvalue weighted by molar-refractivity contribution is -0.111. The van der Waals surface area contributed by atoms with Crippen LogP contribution in [0.2, 0.25) is 18.1 Å². The summed E-state index contributed by atoms with van der Waals surface area (Å²) in [6, 6.07) is 3.62. The van der Waals surface area contributed by atoms with Crippen molar-refractivity contribution in [3.05, 3.63) is 0 Å². The van der Waals surface area contributed by atoms with Crippen LogP contribution in [0.25, 0.3) is 0 Å². The highest BCUT2D eigenvalue weighted by molar-refractivity contribution is 6.73. The highest BCUT2D eigenvalue weighted by Crippen LogP contribution is 2.27. The molecule has 0 fully saturated rings.